The first-order chi connectivity index (χ1) is 6.09. The molecule has 1 aromatic heterocycles. The molecular formula is C8H13F2N3. The third-order valence-electron chi connectivity index (χ3n) is 1.80. The number of aryl methyl sites for hydroxylation is 1. The summed E-state index contributed by atoms with van der Waals surface area (Å²) in [6.07, 6.45) is 1.17. The van der Waals surface area contributed by atoms with Crippen LogP contribution in [0.5, 0.6) is 0 Å². The minimum absolute atomic E-state index is 0.0808. The van der Waals surface area contributed by atoms with Crippen LogP contribution in [-0.2, 0) is 7.05 Å². The van der Waals surface area contributed by atoms with Crippen LogP contribution in [0.1, 0.15) is 18.5 Å². The molecule has 1 rings (SSSR count). The van der Waals surface area contributed by atoms with Crippen molar-refractivity contribution in [3.8, 4) is 0 Å². The largest absolute Gasteiger partial charge is 0.305 e. The van der Waals surface area contributed by atoms with E-state index in [1.807, 2.05) is 13.1 Å². The van der Waals surface area contributed by atoms with E-state index in [9.17, 15) is 8.78 Å². The molecule has 1 atom stereocenters. The molecule has 0 aliphatic heterocycles. The summed E-state index contributed by atoms with van der Waals surface area (Å²) in [4.78, 5) is 0. The van der Waals surface area contributed by atoms with Crippen LogP contribution in [0, 0.1) is 0 Å². The van der Waals surface area contributed by atoms with Gasteiger partial charge in [-0.25, -0.2) is 8.78 Å². The molecular weight excluding hydrogens is 176 g/mol. The van der Waals surface area contributed by atoms with E-state index in [2.05, 4.69) is 10.4 Å². The van der Waals surface area contributed by atoms with Crippen LogP contribution in [0.2, 0.25) is 0 Å². The van der Waals surface area contributed by atoms with E-state index in [0.29, 0.717) is 0 Å². The first kappa shape index (κ1) is 10.1. The summed E-state index contributed by atoms with van der Waals surface area (Å²) in [6.45, 7) is 1.55. The molecule has 1 unspecified atom stereocenters. The standard InChI is InChI=1S/C8H13F2N3/c1-6(11-4-8(9)10)7-3-12-13(2)5-7/h3,5-6,8,11H,4H2,1-2H3. The molecule has 1 N–H and O–H groups in total. The summed E-state index contributed by atoms with van der Waals surface area (Å²) in [6, 6.07) is -0.0808. The molecule has 0 bridgehead atoms. The van der Waals surface area contributed by atoms with Crippen LogP contribution >= 0.6 is 0 Å². The fraction of sp³-hybridized carbons (Fsp3) is 0.625. The van der Waals surface area contributed by atoms with E-state index in [1.54, 1.807) is 17.9 Å². The van der Waals surface area contributed by atoms with Crippen LogP contribution < -0.4 is 5.32 Å². The monoisotopic (exact) mass is 189 g/mol. The fourth-order valence-corrected chi connectivity index (χ4v) is 1.05. The molecule has 0 radical (unpaired) electrons. The molecule has 74 valence electrons. The number of nitrogens with zero attached hydrogens (tertiary/aromatic N) is 2. The van der Waals surface area contributed by atoms with E-state index in [0.717, 1.165) is 5.56 Å². The lowest BCUT2D eigenvalue weighted by Crippen LogP contribution is -2.24. The lowest BCUT2D eigenvalue weighted by atomic mass is 10.2. The quantitative estimate of drug-likeness (QED) is 0.774. The predicted octanol–water partition coefficient (Wildman–Crippen LogP) is 1.34. The Morgan fingerprint density at radius 1 is 1.62 bits per heavy atom. The van der Waals surface area contributed by atoms with Crippen molar-refractivity contribution >= 4 is 0 Å². The second kappa shape index (κ2) is 4.32. The Morgan fingerprint density at radius 2 is 2.31 bits per heavy atom. The Morgan fingerprint density at radius 3 is 2.77 bits per heavy atom. The van der Waals surface area contributed by atoms with Crippen molar-refractivity contribution in [2.75, 3.05) is 6.54 Å². The highest BCUT2D eigenvalue weighted by Gasteiger charge is 2.09. The molecule has 1 aromatic rings. The molecule has 0 spiro atoms. The van der Waals surface area contributed by atoms with Crippen molar-refractivity contribution in [3.63, 3.8) is 0 Å². The second-order valence-corrected chi connectivity index (χ2v) is 2.97. The van der Waals surface area contributed by atoms with E-state index in [4.69, 9.17) is 0 Å². The first-order valence-corrected chi connectivity index (χ1v) is 4.09. The van der Waals surface area contributed by atoms with Gasteiger partial charge in [-0.2, -0.15) is 5.10 Å². The number of halogens is 2. The number of aromatic nitrogens is 2. The zero-order valence-electron chi connectivity index (χ0n) is 7.67. The van der Waals surface area contributed by atoms with Crippen LogP contribution in [0.4, 0.5) is 8.78 Å². The third kappa shape index (κ3) is 3.10. The van der Waals surface area contributed by atoms with Gasteiger partial charge < -0.3 is 5.32 Å². The molecule has 13 heavy (non-hydrogen) atoms. The van der Waals surface area contributed by atoms with Crippen molar-refractivity contribution in [3.05, 3.63) is 18.0 Å². The molecule has 0 saturated carbocycles. The summed E-state index contributed by atoms with van der Waals surface area (Å²) in [5, 5.41) is 6.66. The van der Waals surface area contributed by atoms with Gasteiger partial charge >= 0.3 is 0 Å². The highest BCUT2D eigenvalue weighted by Crippen LogP contribution is 2.10. The zero-order valence-corrected chi connectivity index (χ0v) is 7.67. The Balaban J connectivity index is 2.44. The minimum Gasteiger partial charge on any atom is -0.305 e. The van der Waals surface area contributed by atoms with Gasteiger partial charge in [0, 0.05) is 24.8 Å². The highest BCUT2D eigenvalue weighted by molar-refractivity contribution is 5.08. The van der Waals surface area contributed by atoms with Crippen molar-refractivity contribution in [1.82, 2.24) is 15.1 Å². The van der Waals surface area contributed by atoms with Crippen LogP contribution in [-0.4, -0.2) is 22.8 Å². The summed E-state index contributed by atoms with van der Waals surface area (Å²) >= 11 is 0. The molecule has 0 amide bonds. The summed E-state index contributed by atoms with van der Waals surface area (Å²) in [5.41, 5.74) is 0.920. The SMILES string of the molecule is CC(NCC(F)F)c1cnn(C)c1. The van der Waals surface area contributed by atoms with E-state index in [-0.39, 0.29) is 12.6 Å². The Kier molecular flexibility index (Phi) is 3.36. The predicted molar refractivity (Wildman–Crippen MR) is 45.6 cm³/mol. The van der Waals surface area contributed by atoms with Crippen LogP contribution in [0.3, 0.4) is 0 Å². The molecule has 0 saturated heterocycles. The Bertz CT molecular complexity index is 260. The van der Waals surface area contributed by atoms with Crippen LogP contribution in [0.15, 0.2) is 12.4 Å². The lowest BCUT2D eigenvalue weighted by molar-refractivity contribution is 0.142. The van der Waals surface area contributed by atoms with Gasteiger partial charge in [0.2, 0.25) is 0 Å². The number of hydrogen-bond acceptors (Lipinski definition) is 2. The summed E-state index contributed by atoms with van der Waals surface area (Å²) in [5.74, 6) is 0. The van der Waals surface area contributed by atoms with Crippen molar-refractivity contribution in [2.45, 2.75) is 19.4 Å². The molecule has 3 nitrogen and oxygen atoms in total. The van der Waals surface area contributed by atoms with Crippen molar-refractivity contribution in [2.24, 2.45) is 7.05 Å². The van der Waals surface area contributed by atoms with Gasteiger partial charge in [-0.3, -0.25) is 4.68 Å². The molecule has 5 heteroatoms. The fourth-order valence-electron chi connectivity index (χ4n) is 1.05. The molecule has 1 heterocycles. The number of rotatable bonds is 4. The average Bonchev–Trinajstić information content (AvgIpc) is 2.47. The molecule has 0 aliphatic rings. The number of hydrogen-bond donors (Lipinski definition) is 1. The van der Waals surface area contributed by atoms with Gasteiger partial charge in [0.15, 0.2) is 0 Å². The summed E-state index contributed by atoms with van der Waals surface area (Å²) in [7, 11) is 1.79. The van der Waals surface area contributed by atoms with E-state index < -0.39 is 6.43 Å². The molecule has 0 aromatic carbocycles. The number of nitrogens with one attached hydrogen (secondary N) is 1. The van der Waals surface area contributed by atoms with Gasteiger partial charge in [-0.05, 0) is 6.92 Å². The van der Waals surface area contributed by atoms with Gasteiger partial charge in [-0.1, -0.05) is 0 Å². The van der Waals surface area contributed by atoms with E-state index in [1.165, 1.54) is 0 Å². The topological polar surface area (TPSA) is 29.9 Å². The maximum absolute atomic E-state index is 11.8. The average molecular weight is 189 g/mol. The second-order valence-electron chi connectivity index (χ2n) is 2.97. The lowest BCUT2D eigenvalue weighted by Gasteiger charge is -2.10. The highest BCUT2D eigenvalue weighted by atomic mass is 19.3. The number of alkyl halides is 2. The van der Waals surface area contributed by atoms with Gasteiger partial charge in [0.05, 0.1) is 12.7 Å². The van der Waals surface area contributed by atoms with Gasteiger partial charge in [0.25, 0.3) is 6.43 Å². The van der Waals surface area contributed by atoms with Crippen molar-refractivity contribution in [1.29, 1.82) is 0 Å². The summed E-state index contributed by atoms with van der Waals surface area (Å²) < 4.78 is 25.3. The zero-order chi connectivity index (χ0) is 9.84. The Labute approximate surface area is 75.7 Å². The van der Waals surface area contributed by atoms with E-state index >= 15 is 0 Å². The maximum Gasteiger partial charge on any atom is 0.250 e. The Hall–Kier alpha value is -0.970. The first-order valence-electron chi connectivity index (χ1n) is 4.09. The van der Waals surface area contributed by atoms with Gasteiger partial charge in [-0.15, -0.1) is 0 Å². The molecule has 0 fully saturated rings. The van der Waals surface area contributed by atoms with Gasteiger partial charge in [0.1, 0.15) is 0 Å². The normalized spacial score (nSPS) is 13.6. The minimum atomic E-state index is -2.31. The molecule has 0 aliphatic carbocycles. The smallest absolute Gasteiger partial charge is 0.250 e. The third-order valence-corrected chi connectivity index (χ3v) is 1.80. The van der Waals surface area contributed by atoms with Crippen molar-refractivity contribution < 1.29 is 8.78 Å². The maximum atomic E-state index is 11.8. The van der Waals surface area contributed by atoms with Crippen LogP contribution in [0.25, 0.3) is 0 Å².